The largest absolute Gasteiger partial charge is 0.496 e. The SMILES string of the molecule is COc1ccc(/C=C2\C(=O)N(CC(C)C)c3ccccc32)c2c(OC)cccc12. The molecule has 0 saturated heterocycles. The van der Waals surface area contributed by atoms with E-state index in [1.165, 1.54) is 0 Å². The summed E-state index contributed by atoms with van der Waals surface area (Å²) < 4.78 is 11.2. The summed E-state index contributed by atoms with van der Waals surface area (Å²) in [6.07, 6.45) is 1.98. The molecular weight excluding hydrogens is 362 g/mol. The van der Waals surface area contributed by atoms with Crippen molar-refractivity contribution in [2.75, 3.05) is 25.7 Å². The number of amides is 1. The van der Waals surface area contributed by atoms with Crippen LogP contribution in [0.4, 0.5) is 5.69 Å². The number of carbonyl (C=O) groups is 1. The van der Waals surface area contributed by atoms with Crippen LogP contribution in [0.2, 0.25) is 0 Å². The minimum atomic E-state index is 0.0405. The molecule has 3 aromatic rings. The van der Waals surface area contributed by atoms with Gasteiger partial charge in [0.25, 0.3) is 5.91 Å². The van der Waals surface area contributed by atoms with E-state index < -0.39 is 0 Å². The first-order valence-corrected chi connectivity index (χ1v) is 9.81. The Morgan fingerprint density at radius 3 is 2.41 bits per heavy atom. The summed E-state index contributed by atoms with van der Waals surface area (Å²) >= 11 is 0. The van der Waals surface area contributed by atoms with Gasteiger partial charge in [-0.25, -0.2) is 0 Å². The van der Waals surface area contributed by atoms with Crippen LogP contribution in [0.3, 0.4) is 0 Å². The fourth-order valence-electron chi connectivity index (χ4n) is 3.99. The molecular formula is C25H25NO3. The Hall–Kier alpha value is -3.27. The predicted molar refractivity (Wildman–Crippen MR) is 119 cm³/mol. The van der Waals surface area contributed by atoms with Gasteiger partial charge in [-0.3, -0.25) is 4.79 Å². The molecule has 0 aliphatic carbocycles. The molecule has 0 radical (unpaired) electrons. The molecule has 4 heteroatoms. The molecule has 29 heavy (non-hydrogen) atoms. The van der Waals surface area contributed by atoms with E-state index in [2.05, 4.69) is 13.8 Å². The van der Waals surface area contributed by atoms with Gasteiger partial charge in [-0.2, -0.15) is 0 Å². The molecule has 1 heterocycles. The first kappa shape index (κ1) is 19.1. The normalized spacial score (nSPS) is 14.7. The third kappa shape index (κ3) is 3.25. The van der Waals surface area contributed by atoms with Gasteiger partial charge in [0.2, 0.25) is 0 Å². The standard InChI is InChI=1S/C25H25NO3/c1-16(2)15-26-21-10-6-5-8-18(21)20(25(26)27)14-17-12-13-22(28-3)19-9-7-11-23(29-4)24(17)19/h5-14,16H,15H2,1-4H3/b20-14-. The zero-order valence-electron chi connectivity index (χ0n) is 17.2. The third-order valence-corrected chi connectivity index (χ3v) is 5.24. The molecule has 0 N–H and O–H groups in total. The van der Waals surface area contributed by atoms with Gasteiger partial charge in [-0.15, -0.1) is 0 Å². The highest BCUT2D eigenvalue weighted by Gasteiger charge is 2.32. The van der Waals surface area contributed by atoms with Crippen LogP contribution in [0.5, 0.6) is 11.5 Å². The van der Waals surface area contributed by atoms with Crippen molar-refractivity contribution in [3.63, 3.8) is 0 Å². The van der Waals surface area contributed by atoms with Crippen LogP contribution in [0.15, 0.2) is 54.6 Å². The molecule has 4 nitrogen and oxygen atoms in total. The van der Waals surface area contributed by atoms with Crippen molar-refractivity contribution in [2.45, 2.75) is 13.8 Å². The Kier molecular flexibility index (Phi) is 5.01. The van der Waals surface area contributed by atoms with Crippen LogP contribution in [-0.2, 0) is 4.79 Å². The molecule has 1 aliphatic rings. The van der Waals surface area contributed by atoms with E-state index in [0.29, 0.717) is 18.0 Å². The zero-order chi connectivity index (χ0) is 20.5. The Morgan fingerprint density at radius 2 is 1.69 bits per heavy atom. The number of benzene rings is 3. The van der Waals surface area contributed by atoms with Crippen molar-refractivity contribution in [1.82, 2.24) is 0 Å². The summed E-state index contributed by atoms with van der Waals surface area (Å²) in [6.45, 7) is 4.94. The van der Waals surface area contributed by atoms with E-state index in [1.807, 2.05) is 65.6 Å². The number of carbonyl (C=O) groups excluding carboxylic acids is 1. The average Bonchev–Trinajstić information content (AvgIpc) is 2.99. The van der Waals surface area contributed by atoms with Crippen LogP contribution < -0.4 is 14.4 Å². The fraction of sp³-hybridized carbons (Fsp3) is 0.240. The number of nitrogens with zero attached hydrogens (tertiary/aromatic N) is 1. The molecule has 0 aromatic heterocycles. The van der Waals surface area contributed by atoms with Crippen molar-refractivity contribution in [2.24, 2.45) is 5.92 Å². The quantitative estimate of drug-likeness (QED) is 0.550. The number of fused-ring (bicyclic) bond motifs is 2. The van der Waals surface area contributed by atoms with E-state index in [-0.39, 0.29) is 5.91 Å². The van der Waals surface area contributed by atoms with E-state index in [0.717, 1.165) is 39.1 Å². The monoisotopic (exact) mass is 387 g/mol. The Morgan fingerprint density at radius 1 is 0.931 bits per heavy atom. The highest BCUT2D eigenvalue weighted by atomic mass is 16.5. The second-order valence-electron chi connectivity index (χ2n) is 7.62. The van der Waals surface area contributed by atoms with Crippen molar-refractivity contribution in [3.05, 3.63) is 65.7 Å². The maximum atomic E-state index is 13.3. The first-order valence-electron chi connectivity index (χ1n) is 9.81. The molecule has 0 saturated carbocycles. The van der Waals surface area contributed by atoms with Crippen LogP contribution in [0.1, 0.15) is 25.0 Å². The average molecular weight is 387 g/mol. The third-order valence-electron chi connectivity index (χ3n) is 5.24. The summed E-state index contributed by atoms with van der Waals surface area (Å²) in [5.41, 5.74) is 3.58. The number of ether oxygens (including phenoxy) is 2. The molecule has 0 unspecified atom stereocenters. The van der Waals surface area contributed by atoms with E-state index in [4.69, 9.17) is 9.47 Å². The van der Waals surface area contributed by atoms with E-state index in [1.54, 1.807) is 14.2 Å². The fourth-order valence-corrected chi connectivity index (χ4v) is 3.99. The maximum Gasteiger partial charge on any atom is 0.259 e. The summed E-state index contributed by atoms with van der Waals surface area (Å²) in [4.78, 5) is 15.2. The molecule has 4 rings (SSSR count). The lowest BCUT2D eigenvalue weighted by atomic mass is 9.98. The first-order chi connectivity index (χ1) is 14.0. The van der Waals surface area contributed by atoms with Crippen LogP contribution in [0, 0.1) is 5.92 Å². The molecule has 1 amide bonds. The Balaban J connectivity index is 1.93. The second kappa shape index (κ2) is 7.63. The minimum Gasteiger partial charge on any atom is -0.496 e. The molecule has 3 aromatic carbocycles. The topological polar surface area (TPSA) is 38.8 Å². The van der Waals surface area contributed by atoms with Crippen molar-refractivity contribution in [3.8, 4) is 11.5 Å². The number of anilines is 1. The van der Waals surface area contributed by atoms with E-state index >= 15 is 0 Å². The van der Waals surface area contributed by atoms with Crippen molar-refractivity contribution < 1.29 is 14.3 Å². The molecule has 0 atom stereocenters. The molecule has 0 spiro atoms. The van der Waals surface area contributed by atoms with Gasteiger partial charge in [0.05, 0.1) is 19.9 Å². The smallest absolute Gasteiger partial charge is 0.259 e. The second-order valence-corrected chi connectivity index (χ2v) is 7.62. The summed E-state index contributed by atoms with van der Waals surface area (Å²) in [5.74, 6) is 1.96. The maximum absolute atomic E-state index is 13.3. The van der Waals surface area contributed by atoms with Gasteiger partial charge >= 0.3 is 0 Å². The lowest BCUT2D eigenvalue weighted by Gasteiger charge is -2.19. The number of hydrogen-bond donors (Lipinski definition) is 0. The highest BCUT2D eigenvalue weighted by molar-refractivity contribution is 6.36. The lowest BCUT2D eigenvalue weighted by molar-refractivity contribution is -0.113. The molecule has 0 fully saturated rings. The summed E-state index contributed by atoms with van der Waals surface area (Å²) in [7, 11) is 3.32. The Bertz CT molecular complexity index is 1110. The van der Waals surface area contributed by atoms with Crippen molar-refractivity contribution >= 4 is 34.0 Å². The number of rotatable bonds is 5. The number of hydrogen-bond acceptors (Lipinski definition) is 3. The van der Waals surface area contributed by atoms with Gasteiger partial charge < -0.3 is 14.4 Å². The minimum absolute atomic E-state index is 0.0405. The summed E-state index contributed by atoms with van der Waals surface area (Å²) in [5, 5.41) is 1.90. The Labute approximate surface area is 171 Å². The molecule has 148 valence electrons. The van der Waals surface area contributed by atoms with Crippen LogP contribution in [0.25, 0.3) is 22.4 Å². The predicted octanol–water partition coefficient (Wildman–Crippen LogP) is 5.40. The van der Waals surface area contributed by atoms with Gasteiger partial charge in [0, 0.05) is 28.5 Å². The van der Waals surface area contributed by atoms with Gasteiger partial charge in [-0.05, 0) is 35.8 Å². The summed E-state index contributed by atoms with van der Waals surface area (Å²) in [6, 6.07) is 17.8. The molecule has 0 bridgehead atoms. The molecule has 1 aliphatic heterocycles. The van der Waals surface area contributed by atoms with Crippen molar-refractivity contribution in [1.29, 1.82) is 0 Å². The van der Waals surface area contributed by atoms with Crippen LogP contribution >= 0.6 is 0 Å². The van der Waals surface area contributed by atoms with Crippen LogP contribution in [-0.4, -0.2) is 26.7 Å². The highest BCUT2D eigenvalue weighted by Crippen LogP contribution is 2.41. The van der Waals surface area contributed by atoms with Gasteiger partial charge in [0.15, 0.2) is 0 Å². The lowest BCUT2D eigenvalue weighted by Crippen LogP contribution is -2.30. The van der Waals surface area contributed by atoms with Gasteiger partial charge in [0.1, 0.15) is 11.5 Å². The van der Waals surface area contributed by atoms with E-state index in [9.17, 15) is 4.79 Å². The number of methoxy groups -OCH3 is 2. The van der Waals surface area contributed by atoms with Gasteiger partial charge in [-0.1, -0.05) is 50.2 Å². The number of para-hydroxylation sites is 1. The zero-order valence-corrected chi connectivity index (χ0v) is 17.2.